The monoisotopic (exact) mass is 399 g/mol. The van der Waals surface area contributed by atoms with Crippen LogP contribution in [0.4, 0.5) is 5.82 Å². The van der Waals surface area contributed by atoms with Crippen LogP contribution in [-0.4, -0.2) is 58.8 Å². The first-order valence-electron chi connectivity index (χ1n) is 10.7. The summed E-state index contributed by atoms with van der Waals surface area (Å²) in [6, 6.07) is 4.05. The van der Waals surface area contributed by atoms with E-state index in [1.54, 1.807) is 0 Å². The van der Waals surface area contributed by atoms with E-state index in [0.29, 0.717) is 24.9 Å². The number of anilines is 1. The lowest BCUT2D eigenvalue weighted by Gasteiger charge is -2.29. The van der Waals surface area contributed by atoms with E-state index >= 15 is 0 Å². The summed E-state index contributed by atoms with van der Waals surface area (Å²) in [6.07, 6.45) is 7.21. The van der Waals surface area contributed by atoms with Gasteiger partial charge < -0.3 is 14.2 Å². The Morgan fingerprint density at radius 3 is 2.66 bits per heavy atom. The molecule has 0 amide bonds. The van der Waals surface area contributed by atoms with Crippen molar-refractivity contribution in [3.8, 4) is 11.4 Å². The zero-order chi connectivity index (χ0) is 20.1. The van der Waals surface area contributed by atoms with Crippen LogP contribution >= 0.6 is 0 Å². The van der Waals surface area contributed by atoms with Gasteiger partial charge in [0.15, 0.2) is 0 Å². The molecule has 4 rings (SSSR count). The average molecular weight is 399 g/mol. The highest BCUT2D eigenvalue weighted by atomic mass is 16.5. The molecule has 0 aromatic carbocycles. The Morgan fingerprint density at radius 1 is 1.17 bits per heavy atom. The second-order valence-electron chi connectivity index (χ2n) is 7.77. The number of pyridine rings is 1. The van der Waals surface area contributed by atoms with Crippen LogP contribution in [0.3, 0.4) is 0 Å². The predicted molar refractivity (Wildman–Crippen MR) is 108 cm³/mol. The van der Waals surface area contributed by atoms with E-state index in [0.717, 1.165) is 50.4 Å². The molecule has 8 nitrogen and oxygen atoms in total. The third kappa shape index (κ3) is 4.93. The number of hydrogen-bond donors (Lipinski definition) is 0. The van der Waals surface area contributed by atoms with Crippen LogP contribution in [0.1, 0.15) is 44.9 Å². The van der Waals surface area contributed by atoms with Gasteiger partial charge in [0.1, 0.15) is 5.82 Å². The number of aromatic nitrogens is 3. The zero-order valence-electron chi connectivity index (χ0n) is 17.0. The van der Waals surface area contributed by atoms with Crippen LogP contribution in [0.25, 0.3) is 11.4 Å². The molecular formula is C21H29N5O3. The summed E-state index contributed by atoms with van der Waals surface area (Å²) in [5.74, 6) is 2.11. The fourth-order valence-electron chi connectivity index (χ4n) is 4.04. The van der Waals surface area contributed by atoms with Crippen LogP contribution in [0.5, 0.6) is 0 Å². The van der Waals surface area contributed by atoms with Gasteiger partial charge in [0.25, 0.3) is 0 Å². The van der Waals surface area contributed by atoms with Crippen molar-refractivity contribution in [3.63, 3.8) is 0 Å². The molecule has 156 valence electrons. The Balaban J connectivity index is 1.31. The first kappa shape index (κ1) is 19.8. The van der Waals surface area contributed by atoms with Gasteiger partial charge in [-0.2, -0.15) is 4.98 Å². The number of hydrogen-bond acceptors (Lipinski definition) is 8. The molecule has 2 saturated heterocycles. The second-order valence-corrected chi connectivity index (χ2v) is 7.77. The first-order valence-corrected chi connectivity index (χ1v) is 10.7. The fraction of sp³-hybridized carbons (Fsp3) is 0.619. The van der Waals surface area contributed by atoms with Gasteiger partial charge in [-0.05, 0) is 64.3 Å². The second kappa shape index (κ2) is 9.35. The van der Waals surface area contributed by atoms with Crippen molar-refractivity contribution >= 4 is 11.8 Å². The smallest absolute Gasteiger partial charge is 0.309 e. The Morgan fingerprint density at radius 2 is 1.97 bits per heavy atom. The van der Waals surface area contributed by atoms with Crippen LogP contribution in [0, 0.1) is 5.92 Å². The molecule has 0 spiro atoms. The van der Waals surface area contributed by atoms with E-state index < -0.39 is 0 Å². The van der Waals surface area contributed by atoms with Crippen molar-refractivity contribution in [2.75, 3.05) is 37.7 Å². The van der Waals surface area contributed by atoms with Crippen molar-refractivity contribution < 1.29 is 14.1 Å². The Bertz CT molecular complexity index is 793. The minimum atomic E-state index is -0.0762. The van der Waals surface area contributed by atoms with E-state index in [2.05, 4.69) is 24.9 Å². The summed E-state index contributed by atoms with van der Waals surface area (Å²) in [5, 5.41) is 4.12. The number of carbonyl (C=O) groups excluding carboxylic acids is 1. The molecule has 0 saturated carbocycles. The SMILES string of the molecule is CCOC(=O)C1CCN(Cc2nc(-c3ccc(N4CCCCC4)nc3)no2)CC1. The summed E-state index contributed by atoms with van der Waals surface area (Å²) >= 11 is 0. The van der Waals surface area contributed by atoms with E-state index in [1.807, 2.05) is 25.3 Å². The maximum atomic E-state index is 11.9. The van der Waals surface area contributed by atoms with Crippen LogP contribution in [0.2, 0.25) is 0 Å². The van der Waals surface area contributed by atoms with Crippen LogP contribution in [0.15, 0.2) is 22.9 Å². The highest BCUT2D eigenvalue weighted by Crippen LogP contribution is 2.23. The molecular weight excluding hydrogens is 370 g/mol. The number of rotatable bonds is 6. The minimum absolute atomic E-state index is 0.00828. The van der Waals surface area contributed by atoms with Gasteiger partial charge in [-0.1, -0.05) is 5.16 Å². The molecule has 0 radical (unpaired) electrons. The summed E-state index contributed by atoms with van der Waals surface area (Å²) in [6.45, 7) is 6.69. The number of piperidine rings is 2. The Labute approximate surface area is 171 Å². The van der Waals surface area contributed by atoms with Crippen molar-refractivity contribution in [1.29, 1.82) is 0 Å². The Hall–Kier alpha value is -2.48. The third-order valence-electron chi connectivity index (χ3n) is 5.72. The number of likely N-dealkylation sites (tertiary alicyclic amines) is 1. The van der Waals surface area contributed by atoms with Crippen molar-refractivity contribution in [2.24, 2.45) is 5.92 Å². The van der Waals surface area contributed by atoms with Gasteiger partial charge in [0.2, 0.25) is 11.7 Å². The molecule has 4 heterocycles. The normalized spacial score (nSPS) is 18.7. The molecule has 0 atom stereocenters. The molecule has 0 unspecified atom stereocenters. The van der Waals surface area contributed by atoms with E-state index in [1.165, 1.54) is 19.3 Å². The van der Waals surface area contributed by atoms with Crippen LogP contribution < -0.4 is 4.90 Å². The summed E-state index contributed by atoms with van der Waals surface area (Å²) < 4.78 is 10.6. The van der Waals surface area contributed by atoms with Gasteiger partial charge in [-0.15, -0.1) is 0 Å². The van der Waals surface area contributed by atoms with E-state index in [4.69, 9.17) is 9.26 Å². The predicted octanol–water partition coefficient (Wildman–Crippen LogP) is 2.90. The summed E-state index contributed by atoms with van der Waals surface area (Å²) in [4.78, 5) is 25.6. The number of esters is 1. The van der Waals surface area contributed by atoms with Gasteiger partial charge in [0, 0.05) is 24.8 Å². The minimum Gasteiger partial charge on any atom is -0.466 e. The standard InChI is InChI=1S/C21H29N5O3/c1-2-28-21(27)16-8-12-25(13-9-16)15-19-23-20(24-29-19)17-6-7-18(22-14-17)26-10-4-3-5-11-26/h6-7,14,16H,2-5,8-13,15H2,1H3. The van der Waals surface area contributed by atoms with Gasteiger partial charge in [-0.3, -0.25) is 9.69 Å². The van der Waals surface area contributed by atoms with Crippen molar-refractivity contribution in [1.82, 2.24) is 20.0 Å². The summed E-state index contributed by atoms with van der Waals surface area (Å²) in [5.41, 5.74) is 0.863. The molecule has 2 fully saturated rings. The molecule has 2 aliphatic rings. The van der Waals surface area contributed by atoms with Crippen molar-refractivity contribution in [2.45, 2.75) is 45.6 Å². The molecule has 2 aromatic heterocycles. The lowest BCUT2D eigenvalue weighted by atomic mass is 9.97. The van der Waals surface area contributed by atoms with Crippen LogP contribution in [-0.2, 0) is 16.1 Å². The molecule has 0 aliphatic carbocycles. The van der Waals surface area contributed by atoms with E-state index in [-0.39, 0.29) is 11.9 Å². The molecule has 2 aromatic rings. The fourth-order valence-corrected chi connectivity index (χ4v) is 4.04. The third-order valence-corrected chi connectivity index (χ3v) is 5.72. The molecule has 0 bridgehead atoms. The van der Waals surface area contributed by atoms with Gasteiger partial charge in [-0.25, -0.2) is 4.98 Å². The number of carbonyl (C=O) groups is 1. The molecule has 2 aliphatic heterocycles. The van der Waals surface area contributed by atoms with E-state index in [9.17, 15) is 4.79 Å². The summed E-state index contributed by atoms with van der Waals surface area (Å²) in [7, 11) is 0. The zero-order valence-corrected chi connectivity index (χ0v) is 17.0. The number of nitrogens with zero attached hydrogens (tertiary/aromatic N) is 5. The maximum Gasteiger partial charge on any atom is 0.309 e. The lowest BCUT2D eigenvalue weighted by molar-refractivity contribution is -0.149. The molecule has 29 heavy (non-hydrogen) atoms. The highest BCUT2D eigenvalue weighted by Gasteiger charge is 2.27. The average Bonchev–Trinajstić information content (AvgIpc) is 3.24. The quantitative estimate of drug-likeness (QED) is 0.686. The molecule has 8 heteroatoms. The maximum absolute atomic E-state index is 11.9. The first-order chi connectivity index (χ1) is 14.2. The number of ether oxygens (including phenoxy) is 1. The highest BCUT2D eigenvalue weighted by molar-refractivity contribution is 5.72. The van der Waals surface area contributed by atoms with Crippen molar-refractivity contribution in [3.05, 3.63) is 24.2 Å². The largest absolute Gasteiger partial charge is 0.466 e. The Kier molecular flexibility index (Phi) is 6.39. The van der Waals surface area contributed by atoms with Gasteiger partial charge in [0.05, 0.1) is 19.1 Å². The topological polar surface area (TPSA) is 84.6 Å². The van der Waals surface area contributed by atoms with Gasteiger partial charge >= 0.3 is 5.97 Å². The molecule has 0 N–H and O–H groups in total. The lowest BCUT2D eigenvalue weighted by Crippen LogP contribution is -2.36.